The number of hydrogen-bond acceptors (Lipinski definition) is 2. The second kappa shape index (κ2) is 6.13. The lowest BCUT2D eigenvalue weighted by atomic mass is 9.98. The number of aryl methyl sites for hydroxylation is 1. The zero-order valence-electron chi connectivity index (χ0n) is 13.9. The Labute approximate surface area is 145 Å². The number of fused-ring (bicyclic) bond motifs is 1. The molecule has 0 fully saturated rings. The summed E-state index contributed by atoms with van der Waals surface area (Å²) >= 11 is 0. The second-order valence-electron chi connectivity index (χ2n) is 6.28. The zero-order chi connectivity index (χ0) is 17.4. The fourth-order valence-corrected chi connectivity index (χ4v) is 3.26. The smallest absolute Gasteiger partial charge is 0.258 e. The summed E-state index contributed by atoms with van der Waals surface area (Å²) in [6, 6.07) is 14.5. The SMILES string of the molecule is Cc1ccc(F)c(-c2cncc(N3CCc4ccccc4C3=O)c2)c1. The third-order valence-corrected chi connectivity index (χ3v) is 4.57. The molecule has 0 saturated carbocycles. The molecular weight excluding hydrogens is 315 g/mol. The van der Waals surface area contributed by atoms with Crippen molar-refractivity contribution in [2.24, 2.45) is 0 Å². The zero-order valence-corrected chi connectivity index (χ0v) is 13.9. The average Bonchev–Trinajstić information content (AvgIpc) is 2.64. The van der Waals surface area contributed by atoms with Gasteiger partial charge in [0.1, 0.15) is 5.82 Å². The van der Waals surface area contributed by atoms with Crippen molar-refractivity contribution < 1.29 is 9.18 Å². The van der Waals surface area contributed by atoms with Gasteiger partial charge in [-0.15, -0.1) is 0 Å². The number of carbonyl (C=O) groups is 1. The van der Waals surface area contributed by atoms with E-state index in [0.717, 1.165) is 23.1 Å². The van der Waals surface area contributed by atoms with Gasteiger partial charge < -0.3 is 4.90 Å². The van der Waals surface area contributed by atoms with Crippen LogP contribution in [0.25, 0.3) is 11.1 Å². The van der Waals surface area contributed by atoms with Gasteiger partial charge in [-0.2, -0.15) is 0 Å². The molecule has 1 aliphatic rings. The van der Waals surface area contributed by atoms with Crippen LogP contribution in [-0.2, 0) is 6.42 Å². The van der Waals surface area contributed by atoms with Gasteiger partial charge in [-0.3, -0.25) is 9.78 Å². The first-order chi connectivity index (χ1) is 12.1. The summed E-state index contributed by atoms with van der Waals surface area (Å²) in [5, 5.41) is 0. The molecule has 0 atom stereocenters. The molecule has 0 N–H and O–H groups in total. The van der Waals surface area contributed by atoms with Crippen LogP contribution in [0.2, 0.25) is 0 Å². The molecule has 2 heterocycles. The maximum atomic E-state index is 14.2. The topological polar surface area (TPSA) is 33.2 Å². The summed E-state index contributed by atoms with van der Waals surface area (Å²) < 4.78 is 14.2. The third-order valence-electron chi connectivity index (χ3n) is 4.57. The fraction of sp³-hybridized carbons (Fsp3) is 0.143. The van der Waals surface area contributed by atoms with Crippen molar-refractivity contribution in [3.05, 3.63) is 83.4 Å². The molecule has 1 aliphatic heterocycles. The number of pyridine rings is 1. The van der Waals surface area contributed by atoms with E-state index in [1.165, 1.54) is 6.07 Å². The Bertz CT molecular complexity index is 968. The van der Waals surface area contributed by atoms with Crippen LogP contribution in [0.1, 0.15) is 21.5 Å². The molecule has 0 aliphatic carbocycles. The molecule has 4 rings (SSSR count). The molecule has 124 valence electrons. The predicted molar refractivity (Wildman–Crippen MR) is 96.2 cm³/mol. The number of nitrogens with zero attached hydrogens (tertiary/aromatic N) is 2. The highest BCUT2D eigenvalue weighted by molar-refractivity contribution is 6.08. The van der Waals surface area contributed by atoms with Crippen LogP contribution in [0.5, 0.6) is 0 Å². The van der Waals surface area contributed by atoms with Crippen molar-refractivity contribution >= 4 is 11.6 Å². The van der Waals surface area contributed by atoms with Crippen LogP contribution < -0.4 is 4.90 Å². The number of halogens is 1. The van der Waals surface area contributed by atoms with E-state index < -0.39 is 0 Å². The van der Waals surface area contributed by atoms with Crippen molar-refractivity contribution in [3.8, 4) is 11.1 Å². The molecule has 0 bridgehead atoms. The lowest BCUT2D eigenvalue weighted by molar-refractivity contribution is 0.0980. The number of benzene rings is 2. The van der Waals surface area contributed by atoms with Gasteiger partial charge in [0.2, 0.25) is 0 Å². The Morgan fingerprint density at radius 3 is 2.76 bits per heavy atom. The van der Waals surface area contributed by atoms with E-state index >= 15 is 0 Å². The molecule has 3 nitrogen and oxygen atoms in total. The number of carbonyl (C=O) groups excluding carboxylic acids is 1. The molecule has 0 radical (unpaired) electrons. The van der Waals surface area contributed by atoms with Gasteiger partial charge >= 0.3 is 0 Å². The fourth-order valence-electron chi connectivity index (χ4n) is 3.26. The van der Waals surface area contributed by atoms with E-state index in [9.17, 15) is 9.18 Å². The Balaban J connectivity index is 1.73. The minimum atomic E-state index is -0.292. The molecule has 4 heteroatoms. The monoisotopic (exact) mass is 332 g/mol. The van der Waals surface area contributed by atoms with E-state index in [1.807, 2.05) is 37.3 Å². The number of aromatic nitrogens is 1. The summed E-state index contributed by atoms with van der Waals surface area (Å²) in [4.78, 5) is 18.8. The van der Waals surface area contributed by atoms with Crippen LogP contribution in [0.3, 0.4) is 0 Å². The van der Waals surface area contributed by atoms with E-state index in [2.05, 4.69) is 4.98 Å². The highest BCUT2D eigenvalue weighted by Gasteiger charge is 2.25. The highest BCUT2D eigenvalue weighted by atomic mass is 19.1. The van der Waals surface area contributed by atoms with Gasteiger partial charge in [0.15, 0.2) is 0 Å². The lowest BCUT2D eigenvalue weighted by Crippen LogP contribution is -2.37. The predicted octanol–water partition coefficient (Wildman–Crippen LogP) is 4.40. The van der Waals surface area contributed by atoms with Crippen molar-refractivity contribution in [3.63, 3.8) is 0 Å². The van der Waals surface area contributed by atoms with Gasteiger partial charge in [-0.1, -0.05) is 29.8 Å². The van der Waals surface area contributed by atoms with Crippen molar-refractivity contribution in [1.29, 1.82) is 0 Å². The van der Waals surface area contributed by atoms with Gasteiger partial charge in [-0.25, -0.2) is 4.39 Å². The van der Waals surface area contributed by atoms with E-state index in [0.29, 0.717) is 23.4 Å². The Morgan fingerprint density at radius 1 is 1.04 bits per heavy atom. The van der Waals surface area contributed by atoms with Gasteiger partial charge in [-0.05, 0) is 43.2 Å². The molecule has 25 heavy (non-hydrogen) atoms. The molecule has 0 saturated heterocycles. The first kappa shape index (κ1) is 15.5. The average molecular weight is 332 g/mol. The van der Waals surface area contributed by atoms with Gasteiger partial charge in [0, 0.05) is 29.4 Å². The molecule has 0 unspecified atom stereocenters. The van der Waals surface area contributed by atoms with E-state index in [-0.39, 0.29) is 11.7 Å². The van der Waals surface area contributed by atoms with Crippen LogP contribution in [-0.4, -0.2) is 17.4 Å². The Kier molecular flexibility index (Phi) is 3.80. The van der Waals surface area contributed by atoms with E-state index in [4.69, 9.17) is 0 Å². The molecule has 1 aromatic heterocycles. The minimum absolute atomic E-state index is 0.0366. The normalized spacial score (nSPS) is 13.7. The molecular formula is C21H17FN2O. The quantitative estimate of drug-likeness (QED) is 0.697. The standard InChI is InChI=1S/C21H17FN2O/c1-14-6-7-20(22)19(10-14)16-11-17(13-23-12-16)24-9-8-15-4-2-3-5-18(15)21(24)25/h2-7,10-13H,8-9H2,1H3. The number of rotatable bonds is 2. The summed E-state index contributed by atoms with van der Waals surface area (Å²) in [6.07, 6.45) is 4.08. The first-order valence-corrected chi connectivity index (χ1v) is 8.25. The Hall–Kier alpha value is -3.01. The van der Waals surface area contributed by atoms with Crippen molar-refractivity contribution in [2.45, 2.75) is 13.3 Å². The van der Waals surface area contributed by atoms with Crippen LogP contribution in [0.15, 0.2) is 60.9 Å². The number of anilines is 1. The summed E-state index contributed by atoms with van der Waals surface area (Å²) in [7, 11) is 0. The lowest BCUT2D eigenvalue weighted by Gasteiger charge is -2.28. The number of amides is 1. The van der Waals surface area contributed by atoms with Crippen LogP contribution >= 0.6 is 0 Å². The van der Waals surface area contributed by atoms with Gasteiger partial charge in [0.05, 0.1) is 11.9 Å². The first-order valence-electron chi connectivity index (χ1n) is 8.25. The summed E-state index contributed by atoms with van der Waals surface area (Å²) in [5.74, 6) is -0.328. The van der Waals surface area contributed by atoms with E-state index in [1.54, 1.807) is 29.4 Å². The highest BCUT2D eigenvalue weighted by Crippen LogP contribution is 2.29. The molecule has 2 aromatic carbocycles. The van der Waals surface area contributed by atoms with Crippen molar-refractivity contribution in [2.75, 3.05) is 11.4 Å². The third kappa shape index (κ3) is 2.80. The van der Waals surface area contributed by atoms with Gasteiger partial charge in [0.25, 0.3) is 5.91 Å². The maximum Gasteiger partial charge on any atom is 0.258 e. The largest absolute Gasteiger partial charge is 0.306 e. The molecule has 3 aromatic rings. The Morgan fingerprint density at radius 2 is 1.88 bits per heavy atom. The number of hydrogen-bond donors (Lipinski definition) is 0. The van der Waals surface area contributed by atoms with Crippen LogP contribution in [0.4, 0.5) is 10.1 Å². The molecule has 0 spiro atoms. The second-order valence-corrected chi connectivity index (χ2v) is 6.28. The van der Waals surface area contributed by atoms with Crippen LogP contribution in [0, 0.1) is 12.7 Å². The maximum absolute atomic E-state index is 14.2. The summed E-state index contributed by atoms with van der Waals surface area (Å²) in [6.45, 7) is 2.52. The summed E-state index contributed by atoms with van der Waals surface area (Å²) in [5.41, 5.74) is 4.63. The van der Waals surface area contributed by atoms with Crippen molar-refractivity contribution in [1.82, 2.24) is 4.98 Å². The minimum Gasteiger partial charge on any atom is -0.306 e. The molecule has 1 amide bonds.